The van der Waals surface area contributed by atoms with Crippen molar-refractivity contribution in [1.82, 2.24) is 0 Å². The summed E-state index contributed by atoms with van der Waals surface area (Å²) in [6, 6.07) is 4.72. The van der Waals surface area contributed by atoms with Crippen molar-refractivity contribution in [1.29, 1.82) is 0 Å². The van der Waals surface area contributed by atoms with E-state index in [4.69, 9.17) is 14.2 Å². The molecule has 1 unspecified atom stereocenters. The monoisotopic (exact) mass is 312 g/mol. The molecule has 1 fully saturated rings. The van der Waals surface area contributed by atoms with Crippen LogP contribution in [0.1, 0.15) is 36.0 Å². The van der Waals surface area contributed by atoms with E-state index in [2.05, 4.69) is 0 Å². The second-order valence-electron chi connectivity index (χ2n) is 5.72. The number of benzene rings is 1. The van der Waals surface area contributed by atoms with Crippen LogP contribution in [0.5, 0.6) is 11.5 Å². The highest BCUT2D eigenvalue weighted by Gasteiger charge is 2.41. The van der Waals surface area contributed by atoms with E-state index in [-0.39, 0.29) is 24.2 Å². The van der Waals surface area contributed by atoms with Crippen LogP contribution in [0.15, 0.2) is 18.2 Å². The Kier molecular flexibility index (Phi) is 4.29. The van der Waals surface area contributed by atoms with Crippen LogP contribution in [-0.2, 0) is 4.74 Å². The Hall–Kier alpha value is -1.69. The Balaban J connectivity index is 1.81. The van der Waals surface area contributed by atoms with Crippen molar-refractivity contribution < 1.29 is 27.8 Å². The second kappa shape index (κ2) is 6.20. The van der Waals surface area contributed by atoms with Crippen LogP contribution in [0.4, 0.5) is 8.78 Å². The summed E-state index contributed by atoms with van der Waals surface area (Å²) in [6.07, 6.45) is 2.20. The van der Waals surface area contributed by atoms with E-state index in [0.717, 1.165) is 19.3 Å². The van der Waals surface area contributed by atoms with Gasteiger partial charge in [0, 0.05) is 12.5 Å². The van der Waals surface area contributed by atoms with E-state index in [1.807, 2.05) is 0 Å². The summed E-state index contributed by atoms with van der Waals surface area (Å²) in [6.45, 7) is -1.45. The highest BCUT2D eigenvalue weighted by molar-refractivity contribution is 6.00. The molecule has 0 aliphatic carbocycles. The molecule has 0 bridgehead atoms. The van der Waals surface area contributed by atoms with Crippen LogP contribution in [-0.4, -0.2) is 37.6 Å². The van der Waals surface area contributed by atoms with E-state index in [1.165, 1.54) is 6.07 Å². The Morgan fingerprint density at radius 1 is 1.27 bits per heavy atom. The Morgan fingerprint density at radius 3 is 2.77 bits per heavy atom. The fourth-order valence-electron chi connectivity index (χ4n) is 2.69. The summed E-state index contributed by atoms with van der Waals surface area (Å²) in [7, 11) is 0. The number of rotatable bonds is 4. The molecule has 0 amide bonds. The largest absolute Gasteiger partial charge is 0.480 e. The van der Waals surface area contributed by atoms with Gasteiger partial charge < -0.3 is 14.2 Å². The summed E-state index contributed by atoms with van der Waals surface area (Å²) in [5.74, 6) is 0.309. The van der Waals surface area contributed by atoms with Crippen molar-refractivity contribution >= 4 is 5.78 Å². The highest BCUT2D eigenvalue weighted by atomic mass is 19.1. The van der Waals surface area contributed by atoms with Gasteiger partial charge in [-0.2, -0.15) is 0 Å². The number of ether oxygens (including phenoxy) is 3. The molecule has 0 aromatic heterocycles. The molecular formula is C16H18F2O4. The normalized spacial score (nSPS) is 23.5. The molecule has 1 aromatic carbocycles. The lowest BCUT2D eigenvalue weighted by Gasteiger charge is -2.33. The molecular weight excluding hydrogens is 294 g/mol. The van der Waals surface area contributed by atoms with Crippen LogP contribution in [0.3, 0.4) is 0 Å². The fraction of sp³-hybridized carbons (Fsp3) is 0.562. The van der Waals surface area contributed by atoms with Gasteiger partial charge in [-0.05, 0) is 25.0 Å². The van der Waals surface area contributed by atoms with Gasteiger partial charge in [0.15, 0.2) is 17.7 Å². The van der Waals surface area contributed by atoms with Gasteiger partial charge in [0.2, 0.25) is 0 Å². The number of Topliss-reactive ketones (excluding diaryl/α,β-unsaturated/α-hetero) is 1. The molecule has 1 aromatic rings. The first-order valence-electron chi connectivity index (χ1n) is 7.42. The summed E-state index contributed by atoms with van der Waals surface area (Å²) >= 11 is 0. The van der Waals surface area contributed by atoms with Crippen LogP contribution in [0.2, 0.25) is 0 Å². The Labute approximate surface area is 127 Å². The van der Waals surface area contributed by atoms with Crippen LogP contribution in [0, 0.1) is 0 Å². The summed E-state index contributed by atoms with van der Waals surface area (Å²) in [5.41, 5.74) is -1.38. The molecule has 1 saturated heterocycles. The summed E-state index contributed by atoms with van der Waals surface area (Å²) in [4.78, 5) is 12.0. The minimum Gasteiger partial charge on any atom is -0.480 e. The number of halogens is 2. The molecule has 22 heavy (non-hydrogen) atoms. The van der Waals surface area contributed by atoms with Gasteiger partial charge in [-0.3, -0.25) is 4.79 Å². The van der Waals surface area contributed by atoms with Crippen molar-refractivity contribution in [2.75, 3.05) is 20.0 Å². The third kappa shape index (κ3) is 2.92. The van der Waals surface area contributed by atoms with Gasteiger partial charge in [0.25, 0.3) is 0 Å². The van der Waals surface area contributed by atoms with E-state index in [1.54, 1.807) is 12.1 Å². The van der Waals surface area contributed by atoms with Crippen molar-refractivity contribution in [3.05, 3.63) is 23.8 Å². The maximum Gasteiger partial charge on any atom is 0.199 e. The molecule has 6 heteroatoms. The minimum atomic E-state index is -1.70. The maximum atomic E-state index is 13.1. The molecule has 0 radical (unpaired) electrons. The smallest absolute Gasteiger partial charge is 0.199 e. The van der Waals surface area contributed by atoms with Gasteiger partial charge in [0.05, 0.1) is 18.6 Å². The molecule has 0 spiro atoms. The first-order chi connectivity index (χ1) is 10.7. The standard InChI is InChI=1S/C16H18F2O4/c17-9-16(10-18)8-13(19)12-5-4-11(7-14(12)22-16)21-15-3-1-2-6-20-15/h4-5,7,15H,1-3,6,8-10H2. The highest BCUT2D eigenvalue weighted by Crippen LogP contribution is 2.37. The van der Waals surface area contributed by atoms with E-state index in [9.17, 15) is 13.6 Å². The molecule has 1 atom stereocenters. The first-order valence-corrected chi connectivity index (χ1v) is 7.42. The fourth-order valence-corrected chi connectivity index (χ4v) is 2.69. The second-order valence-corrected chi connectivity index (χ2v) is 5.72. The van der Waals surface area contributed by atoms with Crippen molar-refractivity contribution in [3.63, 3.8) is 0 Å². The minimum absolute atomic E-state index is 0.167. The van der Waals surface area contributed by atoms with Gasteiger partial charge in [-0.15, -0.1) is 0 Å². The molecule has 0 saturated carbocycles. The quantitative estimate of drug-likeness (QED) is 0.856. The van der Waals surface area contributed by atoms with Gasteiger partial charge in [-0.25, -0.2) is 8.78 Å². The average molecular weight is 312 g/mol. The number of carbonyl (C=O) groups is 1. The lowest BCUT2D eigenvalue weighted by molar-refractivity contribution is -0.106. The van der Waals surface area contributed by atoms with Crippen molar-refractivity contribution in [2.24, 2.45) is 0 Å². The number of hydrogen-bond donors (Lipinski definition) is 0. The first kappa shape index (κ1) is 15.2. The molecule has 3 rings (SSSR count). The third-order valence-electron chi connectivity index (χ3n) is 3.96. The van der Waals surface area contributed by atoms with E-state index in [0.29, 0.717) is 17.9 Å². The van der Waals surface area contributed by atoms with Crippen LogP contribution < -0.4 is 9.47 Å². The Bertz CT molecular complexity index is 551. The SMILES string of the molecule is O=C1CC(CF)(CF)Oc2cc(OC3CCCCO3)ccc21. The van der Waals surface area contributed by atoms with Crippen LogP contribution in [0.25, 0.3) is 0 Å². The third-order valence-corrected chi connectivity index (χ3v) is 3.96. The zero-order valence-corrected chi connectivity index (χ0v) is 12.1. The lowest BCUT2D eigenvalue weighted by Crippen LogP contribution is -2.46. The predicted octanol–water partition coefficient (Wildman–Crippen LogP) is 3.24. The maximum absolute atomic E-state index is 13.1. The molecule has 2 aliphatic rings. The molecule has 0 N–H and O–H groups in total. The molecule has 2 aliphatic heterocycles. The molecule has 2 heterocycles. The van der Waals surface area contributed by atoms with E-state index >= 15 is 0 Å². The van der Waals surface area contributed by atoms with Gasteiger partial charge in [0.1, 0.15) is 24.8 Å². The van der Waals surface area contributed by atoms with Crippen molar-refractivity contribution in [2.45, 2.75) is 37.6 Å². The lowest BCUT2D eigenvalue weighted by atomic mass is 9.92. The number of fused-ring (bicyclic) bond motifs is 1. The zero-order chi connectivity index (χ0) is 15.6. The molecule has 120 valence electrons. The number of carbonyl (C=O) groups excluding carboxylic acids is 1. The summed E-state index contributed by atoms with van der Waals surface area (Å²) < 4.78 is 42.8. The number of ketones is 1. The van der Waals surface area contributed by atoms with Gasteiger partial charge >= 0.3 is 0 Å². The predicted molar refractivity (Wildman–Crippen MR) is 74.9 cm³/mol. The zero-order valence-electron chi connectivity index (χ0n) is 12.1. The number of hydrogen-bond acceptors (Lipinski definition) is 4. The molecule has 4 nitrogen and oxygen atoms in total. The Morgan fingerprint density at radius 2 is 2.09 bits per heavy atom. The topological polar surface area (TPSA) is 44.8 Å². The van der Waals surface area contributed by atoms with Crippen LogP contribution >= 0.6 is 0 Å². The number of alkyl halides is 2. The summed E-state index contributed by atoms with van der Waals surface area (Å²) in [5, 5.41) is 0. The van der Waals surface area contributed by atoms with E-state index < -0.39 is 19.0 Å². The average Bonchev–Trinajstić information content (AvgIpc) is 2.55. The van der Waals surface area contributed by atoms with Gasteiger partial charge in [-0.1, -0.05) is 0 Å². The van der Waals surface area contributed by atoms with Crippen molar-refractivity contribution in [3.8, 4) is 11.5 Å².